The molecule has 1 aliphatic heterocycles. The lowest BCUT2D eigenvalue weighted by atomic mass is 10.0. The largest absolute Gasteiger partial charge is 0.450 e. The van der Waals surface area contributed by atoms with Gasteiger partial charge in [0.15, 0.2) is 9.84 Å². The number of nitrogens with one attached hydrogen (secondary N) is 1. The molecule has 0 radical (unpaired) electrons. The highest BCUT2D eigenvalue weighted by atomic mass is 32.2. The van der Waals surface area contributed by atoms with Crippen LogP contribution in [-0.4, -0.2) is 56.8 Å². The molecule has 0 saturated carbocycles. The number of hydrogen-bond acceptors (Lipinski definition) is 5. The molecule has 1 N–H and O–H groups in total. The lowest BCUT2D eigenvalue weighted by molar-refractivity contribution is 0.0857. The molecule has 1 fully saturated rings. The van der Waals surface area contributed by atoms with E-state index in [1.807, 2.05) is 0 Å². The van der Waals surface area contributed by atoms with Gasteiger partial charge in [0.25, 0.3) is 5.91 Å². The Balaban J connectivity index is 2.02. The van der Waals surface area contributed by atoms with Crippen molar-refractivity contribution in [3.63, 3.8) is 0 Å². The second-order valence-electron chi connectivity index (χ2n) is 5.83. The first-order valence-corrected chi connectivity index (χ1v) is 10.1. The Labute approximate surface area is 148 Å². The second kappa shape index (κ2) is 8.33. The summed E-state index contributed by atoms with van der Waals surface area (Å²) in [6, 6.07) is 6.13. The van der Waals surface area contributed by atoms with E-state index in [1.54, 1.807) is 30.9 Å². The van der Waals surface area contributed by atoms with Gasteiger partial charge in [0.1, 0.15) is 0 Å². The molecule has 1 aromatic carbocycles. The van der Waals surface area contributed by atoms with Gasteiger partial charge in [-0.3, -0.25) is 4.79 Å². The molecular weight excluding hydrogens is 344 g/mol. The smallest absolute Gasteiger partial charge is 0.409 e. The summed E-state index contributed by atoms with van der Waals surface area (Å²) in [4.78, 5) is 25.9. The molecule has 0 spiro atoms. The Morgan fingerprint density at radius 1 is 1.20 bits per heavy atom. The van der Waals surface area contributed by atoms with Gasteiger partial charge in [0.2, 0.25) is 0 Å². The van der Waals surface area contributed by atoms with Crippen molar-refractivity contribution >= 4 is 21.8 Å². The minimum Gasteiger partial charge on any atom is -0.450 e. The predicted octanol–water partition coefficient (Wildman–Crippen LogP) is 1.83. The summed E-state index contributed by atoms with van der Waals surface area (Å²) in [5, 5.41) is 2.88. The molecule has 2 rings (SSSR count). The van der Waals surface area contributed by atoms with E-state index in [9.17, 15) is 18.0 Å². The summed E-state index contributed by atoms with van der Waals surface area (Å²) < 4.78 is 29.3. The van der Waals surface area contributed by atoms with Crippen LogP contribution < -0.4 is 5.32 Å². The Bertz CT molecular complexity index is 724. The van der Waals surface area contributed by atoms with Crippen LogP contribution in [0.1, 0.15) is 37.0 Å². The number of piperidine rings is 1. The Hall–Kier alpha value is -2.09. The highest BCUT2D eigenvalue weighted by Crippen LogP contribution is 2.18. The van der Waals surface area contributed by atoms with Crippen molar-refractivity contribution in [2.24, 2.45) is 0 Å². The number of benzene rings is 1. The minimum absolute atomic E-state index is 0.0546. The summed E-state index contributed by atoms with van der Waals surface area (Å²) >= 11 is 0. The van der Waals surface area contributed by atoms with Crippen LogP contribution in [0.25, 0.3) is 0 Å². The standard InChI is InChI=1S/C17H24N2O5S/c1-3-24-17(21)19-11-9-13(10-12-19)18-16(20)14-7-5-6-8-15(14)25(22,23)4-2/h5-8,13H,3-4,9-12H2,1-2H3,(H,18,20). The number of carbonyl (C=O) groups is 2. The van der Waals surface area contributed by atoms with Crippen molar-refractivity contribution in [1.82, 2.24) is 10.2 Å². The van der Waals surface area contributed by atoms with Gasteiger partial charge >= 0.3 is 6.09 Å². The zero-order valence-corrected chi connectivity index (χ0v) is 15.3. The normalized spacial score (nSPS) is 15.7. The zero-order chi connectivity index (χ0) is 18.4. The maximum atomic E-state index is 12.5. The van der Waals surface area contributed by atoms with Crippen LogP contribution in [-0.2, 0) is 14.6 Å². The van der Waals surface area contributed by atoms with Crippen LogP contribution >= 0.6 is 0 Å². The van der Waals surface area contributed by atoms with Gasteiger partial charge in [-0.1, -0.05) is 19.1 Å². The molecule has 1 aromatic rings. The van der Waals surface area contributed by atoms with Crippen molar-refractivity contribution < 1.29 is 22.7 Å². The van der Waals surface area contributed by atoms with E-state index in [0.29, 0.717) is 32.5 Å². The van der Waals surface area contributed by atoms with E-state index in [0.717, 1.165) is 0 Å². The molecular formula is C17H24N2O5S. The molecule has 0 atom stereocenters. The maximum Gasteiger partial charge on any atom is 0.409 e. The molecule has 1 saturated heterocycles. The fraction of sp³-hybridized carbons (Fsp3) is 0.529. The SMILES string of the molecule is CCOC(=O)N1CCC(NC(=O)c2ccccc2S(=O)(=O)CC)CC1. The molecule has 0 aromatic heterocycles. The third-order valence-corrected chi connectivity index (χ3v) is 5.99. The average molecular weight is 368 g/mol. The van der Waals surface area contributed by atoms with Crippen molar-refractivity contribution in [2.45, 2.75) is 37.6 Å². The van der Waals surface area contributed by atoms with E-state index >= 15 is 0 Å². The topological polar surface area (TPSA) is 92.8 Å². The van der Waals surface area contributed by atoms with Gasteiger partial charge in [-0.25, -0.2) is 13.2 Å². The van der Waals surface area contributed by atoms with Crippen LogP contribution in [0, 0.1) is 0 Å². The summed E-state index contributed by atoms with van der Waals surface area (Å²) in [5.74, 6) is -0.461. The number of rotatable bonds is 5. The highest BCUT2D eigenvalue weighted by Gasteiger charge is 2.26. The Morgan fingerprint density at radius 3 is 2.44 bits per heavy atom. The third kappa shape index (κ3) is 4.72. The Kier molecular flexibility index (Phi) is 6.41. The third-order valence-electron chi connectivity index (χ3n) is 4.20. The van der Waals surface area contributed by atoms with Gasteiger partial charge in [-0.2, -0.15) is 0 Å². The van der Waals surface area contributed by atoms with E-state index in [1.165, 1.54) is 12.1 Å². The number of ether oxygens (including phenoxy) is 1. The summed E-state index contributed by atoms with van der Waals surface area (Å²) in [5.41, 5.74) is 0.164. The summed E-state index contributed by atoms with van der Waals surface area (Å²) in [7, 11) is -3.47. The van der Waals surface area contributed by atoms with Crippen LogP contribution in [0.5, 0.6) is 0 Å². The monoisotopic (exact) mass is 368 g/mol. The predicted molar refractivity (Wildman–Crippen MR) is 93.3 cm³/mol. The molecule has 7 nitrogen and oxygen atoms in total. The molecule has 1 aliphatic rings. The maximum absolute atomic E-state index is 12.5. The molecule has 0 unspecified atom stereocenters. The first-order valence-electron chi connectivity index (χ1n) is 8.43. The van der Waals surface area contributed by atoms with Gasteiger partial charge < -0.3 is 15.0 Å². The first kappa shape index (κ1) is 19.2. The van der Waals surface area contributed by atoms with Gasteiger partial charge in [-0.15, -0.1) is 0 Å². The summed E-state index contributed by atoms with van der Waals surface area (Å²) in [6.45, 7) is 4.64. The number of hydrogen-bond donors (Lipinski definition) is 1. The lowest BCUT2D eigenvalue weighted by Crippen LogP contribution is -2.46. The van der Waals surface area contributed by atoms with Gasteiger partial charge in [0.05, 0.1) is 22.8 Å². The average Bonchev–Trinajstić information content (AvgIpc) is 2.62. The number of sulfone groups is 1. The van der Waals surface area contributed by atoms with Crippen LogP contribution in [0.3, 0.4) is 0 Å². The fourth-order valence-electron chi connectivity index (χ4n) is 2.77. The van der Waals surface area contributed by atoms with E-state index in [-0.39, 0.29) is 28.3 Å². The molecule has 25 heavy (non-hydrogen) atoms. The fourth-order valence-corrected chi connectivity index (χ4v) is 3.86. The minimum atomic E-state index is -3.47. The van der Waals surface area contributed by atoms with Crippen LogP contribution in [0.4, 0.5) is 4.79 Å². The van der Waals surface area contributed by atoms with Crippen molar-refractivity contribution in [2.75, 3.05) is 25.4 Å². The summed E-state index contributed by atoms with van der Waals surface area (Å²) in [6.07, 6.45) is 0.868. The lowest BCUT2D eigenvalue weighted by Gasteiger charge is -2.31. The van der Waals surface area contributed by atoms with Crippen LogP contribution in [0.15, 0.2) is 29.2 Å². The van der Waals surface area contributed by atoms with Gasteiger partial charge in [0, 0.05) is 19.1 Å². The second-order valence-corrected chi connectivity index (χ2v) is 8.08. The molecule has 0 bridgehead atoms. The highest BCUT2D eigenvalue weighted by molar-refractivity contribution is 7.91. The number of amides is 2. The molecule has 138 valence electrons. The zero-order valence-electron chi connectivity index (χ0n) is 14.5. The van der Waals surface area contributed by atoms with E-state index in [4.69, 9.17) is 4.74 Å². The van der Waals surface area contributed by atoms with E-state index in [2.05, 4.69) is 5.32 Å². The van der Waals surface area contributed by atoms with Crippen molar-refractivity contribution in [3.8, 4) is 0 Å². The van der Waals surface area contributed by atoms with Crippen molar-refractivity contribution in [1.29, 1.82) is 0 Å². The molecule has 0 aliphatic carbocycles. The molecule has 2 amide bonds. The Morgan fingerprint density at radius 2 is 1.84 bits per heavy atom. The number of carbonyl (C=O) groups excluding carboxylic acids is 2. The van der Waals surface area contributed by atoms with E-state index < -0.39 is 15.7 Å². The quantitative estimate of drug-likeness (QED) is 0.856. The molecule has 8 heteroatoms. The number of nitrogens with zero attached hydrogens (tertiary/aromatic N) is 1. The number of likely N-dealkylation sites (tertiary alicyclic amines) is 1. The molecule has 1 heterocycles. The van der Waals surface area contributed by atoms with Crippen molar-refractivity contribution in [3.05, 3.63) is 29.8 Å². The first-order chi connectivity index (χ1) is 11.9. The van der Waals surface area contributed by atoms with Gasteiger partial charge in [-0.05, 0) is 31.9 Å². The van der Waals surface area contributed by atoms with Crippen LogP contribution in [0.2, 0.25) is 0 Å².